The second kappa shape index (κ2) is 5.06. The molecule has 0 unspecified atom stereocenters. The highest BCUT2D eigenvalue weighted by Gasteiger charge is 2.44. The van der Waals surface area contributed by atoms with E-state index in [-0.39, 0.29) is 11.0 Å². The van der Waals surface area contributed by atoms with Crippen molar-refractivity contribution in [2.24, 2.45) is 5.41 Å². The zero-order chi connectivity index (χ0) is 15.3. The summed E-state index contributed by atoms with van der Waals surface area (Å²) in [7, 11) is 0. The first-order chi connectivity index (χ1) is 9.70. The normalized spacial score (nSPS) is 25.0. The van der Waals surface area contributed by atoms with Gasteiger partial charge in [-0.15, -0.1) is 11.3 Å². The van der Waals surface area contributed by atoms with Gasteiger partial charge in [-0.25, -0.2) is 4.98 Å². The number of rotatable bonds is 3. The van der Waals surface area contributed by atoms with Crippen LogP contribution in [0.1, 0.15) is 83.8 Å². The molecular weight excluding hydrogens is 276 g/mol. The predicted octanol–water partition coefficient (Wildman–Crippen LogP) is 4.99. The minimum Gasteiger partial charge on any atom is -0.303 e. The highest BCUT2D eigenvalue weighted by atomic mass is 32.1. The molecule has 1 N–H and O–H groups in total. The molecule has 2 nitrogen and oxygen atoms in total. The molecule has 0 aliphatic heterocycles. The van der Waals surface area contributed by atoms with Crippen molar-refractivity contribution in [3.8, 4) is 0 Å². The molecule has 0 amide bonds. The fourth-order valence-electron chi connectivity index (χ4n) is 3.23. The van der Waals surface area contributed by atoms with Crippen LogP contribution >= 0.6 is 11.3 Å². The van der Waals surface area contributed by atoms with Crippen molar-refractivity contribution in [2.45, 2.75) is 90.1 Å². The molecule has 3 rings (SSSR count). The Bertz CT molecular complexity index is 496. The van der Waals surface area contributed by atoms with E-state index in [2.05, 4.69) is 45.3 Å². The first-order valence-electron chi connectivity index (χ1n) is 8.45. The van der Waals surface area contributed by atoms with E-state index in [1.807, 2.05) is 11.3 Å². The van der Waals surface area contributed by atoms with Crippen molar-refractivity contribution in [3.63, 3.8) is 0 Å². The van der Waals surface area contributed by atoms with Crippen LogP contribution in [0.15, 0.2) is 5.38 Å². The molecule has 1 aromatic rings. The summed E-state index contributed by atoms with van der Waals surface area (Å²) in [5.74, 6) is 0. The molecule has 0 aromatic carbocycles. The lowest BCUT2D eigenvalue weighted by atomic mass is 9.69. The number of hydrogen-bond donors (Lipinski definition) is 1. The van der Waals surface area contributed by atoms with Gasteiger partial charge in [0.25, 0.3) is 0 Å². The molecule has 2 saturated carbocycles. The Morgan fingerprint density at radius 1 is 1.14 bits per heavy atom. The maximum atomic E-state index is 5.06. The van der Waals surface area contributed by atoms with Gasteiger partial charge in [-0.1, -0.05) is 34.6 Å². The second-order valence-electron chi connectivity index (χ2n) is 8.95. The number of hydrogen-bond acceptors (Lipinski definition) is 3. The smallest absolute Gasteiger partial charge is 0.113 e. The van der Waals surface area contributed by atoms with Crippen molar-refractivity contribution < 1.29 is 0 Å². The van der Waals surface area contributed by atoms with Crippen molar-refractivity contribution in [1.82, 2.24) is 10.3 Å². The minimum absolute atomic E-state index is 0.156. The molecule has 1 aromatic heterocycles. The van der Waals surface area contributed by atoms with E-state index >= 15 is 0 Å². The zero-order valence-corrected chi connectivity index (χ0v) is 15.1. The highest BCUT2D eigenvalue weighted by Crippen LogP contribution is 2.47. The first kappa shape index (κ1) is 15.5. The molecule has 0 saturated heterocycles. The molecular formula is C18H30N2S. The molecule has 118 valence electrons. The van der Waals surface area contributed by atoms with Gasteiger partial charge >= 0.3 is 0 Å². The topological polar surface area (TPSA) is 24.9 Å². The molecule has 0 spiro atoms. The lowest BCUT2D eigenvalue weighted by Crippen LogP contribution is -2.47. The quantitative estimate of drug-likeness (QED) is 0.851. The summed E-state index contributed by atoms with van der Waals surface area (Å²) < 4.78 is 0. The Morgan fingerprint density at radius 2 is 1.76 bits per heavy atom. The number of aromatic nitrogens is 1. The van der Waals surface area contributed by atoms with Crippen LogP contribution in [0.3, 0.4) is 0 Å². The Labute approximate surface area is 133 Å². The third kappa shape index (κ3) is 3.34. The minimum atomic E-state index is 0.156. The van der Waals surface area contributed by atoms with E-state index in [9.17, 15) is 0 Å². The maximum Gasteiger partial charge on any atom is 0.113 e. The van der Waals surface area contributed by atoms with Crippen molar-refractivity contribution >= 4 is 11.3 Å². The molecule has 2 aliphatic rings. The highest BCUT2D eigenvalue weighted by molar-refractivity contribution is 7.09. The summed E-state index contributed by atoms with van der Waals surface area (Å²) in [4.78, 5) is 5.06. The first-order valence-corrected chi connectivity index (χ1v) is 9.32. The SMILES string of the molecule is CC1(C)CCC(NC2CC2)(c2nc(C(C)(C)C)cs2)CC1. The van der Waals surface area contributed by atoms with Crippen molar-refractivity contribution in [2.75, 3.05) is 0 Å². The number of thiazole rings is 1. The van der Waals surface area contributed by atoms with Crippen molar-refractivity contribution in [3.05, 3.63) is 16.1 Å². The lowest BCUT2D eigenvalue weighted by Gasteiger charge is -2.43. The molecule has 21 heavy (non-hydrogen) atoms. The maximum absolute atomic E-state index is 5.06. The van der Waals surface area contributed by atoms with Gasteiger partial charge in [0.1, 0.15) is 5.01 Å². The van der Waals surface area contributed by atoms with Crippen LogP contribution in [0.25, 0.3) is 0 Å². The van der Waals surface area contributed by atoms with Crippen LogP contribution in [-0.4, -0.2) is 11.0 Å². The van der Waals surface area contributed by atoms with Gasteiger partial charge in [-0.05, 0) is 43.9 Å². The predicted molar refractivity (Wildman–Crippen MR) is 90.9 cm³/mol. The van der Waals surface area contributed by atoms with Crippen LogP contribution < -0.4 is 5.32 Å². The van der Waals surface area contributed by atoms with E-state index in [0.717, 1.165) is 6.04 Å². The van der Waals surface area contributed by atoms with Crippen molar-refractivity contribution in [1.29, 1.82) is 0 Å². The van der Waals surface area contributed by atoms with Crippen LogP contribution in [0.4, 0.5) is 0 Å². The molecule has 1 heterocycles. The summed E-state index contributed by atoms with van der Waals surface area (Å²) in [6.07, 6.45) is 7.79. The van der Waals surface area contributed by atoms with E-state index in [4.69, 9.17) is 4.98 Å². The van der Waals surface area contributed by atoms with Crippen LogP contribution in [0, 0.1) is 5.41 Å². The fraction of sp³-hybridized carbons (Fsp3) is 0.833. The Kier molecular flexibility index (Phi) is 3.73. The van der Waals surface area contributed by atoms with Crippen LogP contribution in [0.2, 0.25) is 0 Å². The van der Waals surface area contributed by atoms with Gasteiger partial charge in [0, 0.05) is 16.8 Å². The third-order valence-electron chi connectivity index (χ3n) is 5.20. The number of nitrogens with zero attached hydrogens (tertiary/aromatic N) is 1. The Hall–Kier alpha value is -0.410. The zero-order valence-electron chi connectivity index (χ0n) is 14.3. The van der Waals surface area contributed by atoms with E-state index < -0.39 is 0 Å². The van der Waals surface area contributed by atoms with Crippen LogP contribution in [-0.2, 0) is 11.0 Å². The standard InChI is InChI=1S/C18H30N2S/c1-16(2,3)14-12-21-15(19-14)18(20-13-6-7-13)10-8-17(4,5)9-11-18/h12-13,20H,6-11H2,1-5H3. The largest absolute Gasteiger partial charge is 0.303 e. The Balaban J connectivity index is 1.87. The van der Waals surface area contributed by atoms with Gasteiger partial charge in [0.15, 0.2) is 0 Å². The number of nitrogens with one attached hydrogen (secondary N) is 1. The van der Waals surface area contributed by atoms with E-state index in [1.54, 1.807) is 0 Å². The summed E-state index contributed by atoms with van der Waals surface area (Å²) in [5, 5.41) is 7.60. The fourth-order valence-corrected chi connectivity index (χ4v) is 4.50. The summed E-state index contributed by atoms with van der Waals surface area (Å²) in [6, 6.07) is 0.744. The molecule has 0 bridgehead atoms. The van der Waals surface area contributed by atoms with E-state index in [1.165, 1.54) is 49.2 Å². The Morgan fingerprint density at radius 3 is 2.24 bits per heavy atom. The van der Waals surface area contributed by atoms with Gasteiger partial charge in [0.05, 0.1) is 11.2 Å². The van der Waals surface area contributed by atoms with Gasteiger partial charge in [-0.2, -0.15) is 0 Å². The lowest BCUT2D eigenvalue weighted by molar-refractivity contribution is 0.132. The second-order valence-corrected chi connectivity index (χ2v) is 9.81. The average Bonchev–Trinajstić information content (AvgIpc) is 3.03. The summed E-state index contributed by atoms with van der Waals surface area (Å²) in [5.41, 5.74) is 2.07. The van der Waals surface area contributed by atoms with Crippen LogP contribution in [0.5, 0.6) is 0 Å². The average molecular weight is 307 g/mol. The van der Waals surface area contributed by atoms with Gasteiger partial charge in [-0.3, -0.25) is 0 Å². The molecule has 0 atom stereocenters. The van der Waals surface area contributed by atoms with Gasteiger partial charge in [0.2, 0.25) is 0 Å². The van der Waals surface area contributed by atoms with Gasteiger partial charge < -0.3 is 5.32 Å². The molecule has 0 radical (unpaired) electrons. The molecule has 2 aliphatic carbocycles. The molecule has 3 heteroatoms. The third-order valence-corrected chi connectivity index (χ3v) is 6.24. The summed E-state index contributed by atoms with van der Waals surface area (Å²) in [6.45, 7) is 11.6. The monoisotopic (exact) mass is 306 g/mol. The van der Waals surface area contributed by atoms with E-state index in [0.29, 0.717) is 5.41 Å². The summed E-state index contributed by atoms with van der Waals surface area (Å²) >= 11 is 1.88. The molecule has 2 fully saturated rings.